The Morgan fingerprint density at radius 1 is 1.18 bits per heavy atom. The second-order valence-electron chi connectivity index (χ2n) is 3.61. The van der Waals surface area contributed by atoms with E-state index in [1.807, 2.05) is 4.40 Å². The van der Waals surface area contributed by atoms with Gasteiger partial charge in [-0.3, -0.25) is 4.40 Å². The van der Waals surface area contributed by atoms with Gasteiger partial charge in [0.1, 0.15) is 17.5 Å². The quantitative estimate of drug-likeness (QED) is 0.527. The molecular formula is C11H6N4S2. The Morgan fingerprint density at radius 2 is 2.18 bits per heavy atom. The highest BCUT2D eigenvalue weighted by atomic mass is 32.1. The first kappa shape index (κ1) is 9.26. The molecule has 4 heterocycles. The lowest BCUT2D eigenvalue weighted by atomic mass is 10.2. The molecule has 0 fully saturated rings. The zero-order valence-electron chi connectivity index (χ0n) is 8.57. The number of thiophene rings is 2. The van der Waals surface area contributed by atoms with Gasteiger partial charge in [-0.15, -0.1) is 32.9 Å². The highest BCUT2D eigenvalue weighted by Crippen LogP contribution is 2.36. The number of aromatic nitrogens is 4. The van der Waals surface area contributed by atoms with Crippen LogP contribution in [0.3, 0.4) is 0 Å². The summed E-state index contributed by atoms with van der Waals surface area (Å²) in [6.07, 6.45) is 3.43. The van der Waals surface area contributed by atoms with E-state index in [4.69, 9.17) is 0 Å². The van der Waals surface area contributed by atoms with Gasteiger partial charge in [-0.1, -0.05) is 6.07 Å². The summed E-state index contributed by atoms with van der Waals surface area (Å²) in [5.74, 6) is 0. The van der Waals surface area contributed by atoms with E-state index in [0.717, 1.165) is 15.9 Å². The van der Waals surface area contributed by atoms with Crippen LogP contribution in [0.25, 0.3) is 26.3 Å². The molecule has 0 bridgehead atoms. The van der Waals surface area contributed by atoms with Gasteiger partial charge in [0, 0.05) is 15.8 Å². The Kier molecular flexibility index (Phi) is 1.82. The van der Waals surface area contributed by atoms with Gasteiger partial charge in [0.25, 0.3) is 0 Å². The molecule has 4 aromatic heterocycles. The van der Waals surface area contributed by atoms with Crippen LogP contribution >= 0.6 is 22.7 Å². The van der Waals surface area contributed by atoms with Crippen molar-refractivity contribution in [1.82, 2.24) is 19.6 Å². The summed E-state index contributed by atoms with van der Waals surface area (Å²) in [5.41, 5.74) is 2.07. The van der Waals surface area contributed by atoms with E-state index in [2.05, 4.69) is 38.1 Å². The summed E-state index contributed by atoms with van der Waals surface area (Å²) in [7, 11) is 0. The number of fused-ring (bicyclic) bond motifs is 3. The molecule has 0 aliphatic rings. The fourth-order valence-electron chi connectivity index (χ4n) is 1.89. The van der Waals surface area contributed by atoms with Gasteiger partial charge in [0.2, 0.25) is 0 Å². The predicted molar refractivity (Wildman–Crippen MR) is 69.5 cm³/mol. The van der Waals surface area contributed by atoms with E-state index >= 15 is 0 Å². The molecule has 0 atom stereocenters. The summed E-state index contributed by atoms with van der Waals surface area (Å²) in [5, 5.41) is 13.4. The van der Waals surface area contributed by atoms with Crippen molar-refractivity contribution in [2.75, 3.05) is 0 Å². The monoisotopic (exact) mass is 258 g/mol. The Hall–Kier alpha value is -1.79. The Bertz CT molecular complexity index is 797. The number of rotatable bonds is 1. The lowest BCUT2D eigenvalue weighted by Crippen LogP contribution is -1.86. The molecule has 0 aliphatic heterocycles. The average molecular weight is 258 g/mol. The molecule has 0 unspecified atom stereocenters. The first-order valence-electron chi connectivity index (χ1n) is 5.03. The van der Waals surface area contributed by atoms with E-state index < -0.39 is 0 Å². The highest BCUT2D eigenvalue weighted by molar-refractivity contribution is 7.18. The number of nitrogens with zero attached hydrogens (tertiary/aromatic N) is 4. The lowest BCUT2D eigenvalue weighted by Gasteiger charge is -1.96. The fraction of sp³-hybridized carbons (Fsp3) is 0. The van der Waals surface area contributed by atoms with Gasteiger partial charge in [-0.25, -0.2) is 4.98 Å². The Morgan fingerprint density at radius 3 is 3.06 bits per heavy atom. The molecule has 4 rings (SSSR count). The first-order chi connectivity index (χ1) is 8.43. The van der Waals surface area contributed by atoms with E-state index in [0.29, 0.717) is 0 Å². The minimum atomic E-state index is 0.875. The van der Waals surface area contributed by atoms with Crippen LogP contribution in [0.5, 0.6) is 0 Å². The molecule has 0 amide bonds. The van der Waals surface area contributed by atoms with Crippen molar-refractivity contribution in [3.63, 3.8) is 0 Å². The minimum absolute atomic E-state index is 0.875. The normalized spacial score (nSPS) is 11.5. The van der Waals surface area contributed by atoms with Crippen molar-refractivity contribution in [3.05, 3.63) is 35.5 Å². The van der Waals surface area contributed by atoms with Gasteiger partial charge < -0.3 is 0 Å². The third kappa shape index (κ3) is 1.25. The molecule has 4 aromatic rings. The maximum Gasteiger partial charge on any atom is 0.172 e. The molecule has 82 valence electrons. The van der Waals surface area contributed by atoms with Crippen LogP contribution in [-0.4, -0.2) is 19.6 Å². The third-order valence-corrected chi connectivity index (χ3v) is 4.44. The van der Waals surface area contributed by atoms with Crippen molar-refractivity contribution in [2.24, 2.45) is 0 Å². The Balaban J connectivity index is 2.20. The maximum absolute atomic E-state index is 4.42. The molecule has 0 radical (unpaired) electrons. The molecule has 0 spiro atoms. The molecular weight excluding hydrogens is 252 g/mol. The highest BCUT2D eigenvalue weighted by Gasteiger charge is 2.13. The van der Waals surface area contributed by atoms with Crippen LogP contribution < -0.4 is 0 Å². The molecule has 0 N–H and O–H groups in total. The zero-order valence-corrected chi connectivity index (χ0v) is 10.2. The average Bonchev–Trinajstić information content (AvgIpc) is 3.08. The molecule has 0 aliphatic carbocycles. The number of hydrogen-bond donors (Lipinski definition) is 0. The summed E-state index contributed by atoms with van der Waals surface area (Å²) in [6, 6.07) is 4.17. The third-order valence-electron chi connectivity index (χ3n) is 2.65. The van der Waals surface area contributed by atoms with Crippen LogP contribution in [0.4, 0.5) is 0 Å². The molecule has 4 nitrogen and oxygen atoms in total. The predicted octanol–water partition coefficient (Wildman–Crippen LogP) is 3.07. The van der Waals surface area contributed by atoms with Crippen LogP contribution in [0, 0.1) is 0 Å². The van der Waals surface area contributed by atoms with Crippen LogP contribution in [-0.2, 0) is 0 Å². The fourth-order valence-corrected chi connectivity index (χ4v) is 3.62. The molecule has 0 saturated carbocycles. The van der Waals surface area contributed by atoms with Crippen LogP contribution in [0.1, 0.15) is 0 Å². The lowest BCUT2D eigenvalue weighted by molar-refractivity contribution is 1.08. The van der Waals surface area contributed by atoms with Gasteiger partial charge in [-0.05, 0) is 11.4 Å². The number of hydrogen-bond acceptors (Lipinski definition) is 5. The Labute approximate surface area is 104 Å². The van der Waals surface area contributed by atoms with E-state index in [-0.39, 0.29) is 0 Å². The SMILES string of the molecule is c1csc(-c2csc3ncn4cnnc4c23)c1. The molecule has 6 heteroatoms. The second-order valence-corrected chi connectivity index (χ2v) is 5.42. The molecule has 0 aromatic carbocycles. The maximum atomic E-state index is 4.42. The van der Waals surface area contributed by atoms with E-state index in [1.54, 1.807) is 35.3 Å². The minimum Gasteiger partial charge on any atom is -0.271 e. The summed E-state index contributed by atoms with van der Waals surface area (Å²) in [6.45, 7) is 0. The van der Waals surface area contributed by atoms with Crippen molar-refractivity contribution >= 4 is 38.5 Å². The van der Waals surface area contributed by atoms with Crippen molar-refractivity contribution < 1.29 is 0 Å². The van der Waals surface area contributed by atoms with Crippen LogP contribution in [0.2, 0.25) is 0 Å². The molecule has 17 heavy (non-hydrogen) atoms. The smallest absolute Gasteiger partial charge is 0.172 e. The van der Waals surface area contributed by atoms with Gasteiger partial charge in [0.15, 0.2) is 5.65 Å². The topological polar surface area (TPSA) is 43.1 Å². The van der Waals surface area contributed by atoms with Gasteiger partial charge >= 0.3 is 0 Å². The van der Waals surface area contributed by atoms with Crippen molar-refractivity contribution in [3.8, 4) is 10.4 Å². The summed E-state index contributed by atoms with van der Waals surface area (Å²) in [4.78, 5) is 6.67. The zero-order chi connectivity index (χ0) is 11.2. The van der Waals surface area contributed by atoms with Crippen LogP contribution in [0.15, 0.2) is 35.5 Å². The van der Waals surface area contributed by atoms with Crippen molar-refractivity contribution in [1.29, 1.82) is 0 Å². The second kappa shape index (κ2) is 3.35. The van der Waals surface area contributed by atoms with E-state index in [9.17, 15) is 0 Å². The standard InChI is InChI=1S/C11H6N4S2/c1-2-8(16-3-1)7-4-17-11-9(7)10-14-13-6-15(10)5-12-11/h1-6H. The first-order valence-corrected chi connectivity index (χ1v) is 6.79. The van der Waals surface area contributed by atoms with Gasteiger partial charge in [-0.2, -0.15) is 0 Å². The molecule has 0 saturated heterocycles. The van der Waals surface area contributed by atoms with Crippen molar-refractivity contribution in [2.45, 2.75) is 0 Å². The van der Waals surface area contributed by atoms with Gasteiger partial charge in [0.05, 0.1) is 5.39 Å². The largest absolute Gasteiger partial charge is 0.271 e. The summed E-state index contributed by atoms with van der Waals surface area (Å²) >= 11 is 3.37. The summed E-state index contributed by atoms with van der Waals surface area (Å²) < 4.78 is 1.85. The van der Waals surface area contributed by atoms with E-state index in [1.165, 1.54) is 10.4 Å².